The van der Waals surface area contributed by atoms with Crippen molar-refractivity contribution in [3.05, 3.63) is 155 Å². The maximum Gasteiger partial charge on any atom is 0.271 e. The first-order chi connectivity index (χ1) is 22.8. The Labute approximate surface area is 280 Å². The summed E-state index contributed by atoms with van der Waals surface area (Å²) < 4.78 is 13.8. The van der Waals surface area contributed by atoms with Gasteiger partial charge in [0.25, 0.3) is 11.5 Å². The van der Waals surface area contributed by atoms with E-state index in [1.54, 1.807) is 60.0 Å². The van der Waals surface area contributed by atoms with Crippen LogP contribution >= 0.6 is 22.9 Å². The number of para-hydroxylation sites is 1. The molecule has 0 bridgehead atoms. The van der Waals surface area contributed by atoms with Gasteiger partial charge in [-0.15, -0.1) is 0 Å². The van der Waals surface area contributed by atoms with Crippen LogP contribution in [0.1, 0.15) is 42.1 Å². The van der Waals surface area contributed by atoms with E-state index >= 15 is 0 Å². The highest BCUT2D eigenvalue weighted by molar-refractivity contribution is 7.07. The molecule has 8 nitrogen and oxygen atoms in total. The molecule has 1 aliphatic rings. The Morgan fingerprint density at radius 3 is 2.49 bits per heavy atom. The SMILES string of the molecule is CCOc1ccc([C@@H]2C(C(=O)Nc3ccccc3)=C(C)N=c3s/c(=C\c4cc(Cl)ccc4OCc4ccc(C#N)cc4)c(=O)n32)cc1. The van der Waals surface area contributed by atoms with Gasteiger partial charge in [-0.3, -0.25) is 14.2 Å². The van der Waals surface area contributed by atoms with Crippen LogP contribution in [0, 0.1) is 11.3 Å². The lowest BCUT2D eigenvalue weighted by atomic mass is 9.95. The van der Waals surface area contributed by atoms with Gasteiger partial charge in [-0.05, 0) is 85.6 Å². The summed E-state index contributed by atoms with van der Waals surface area (Å²) in [6.45, 7) is 4.46. The molecule has 0 aliphatic carbocycles. The van der Waals surface area contributed by atoms with Crippen LogP contribution in [0.2, 0.25) is 5.02 Å². The van der Waals surface area contributed by atoms with E-state index in [0.29, 0.717) is 60.5 Å². The Kier molecular flexibility index (Phi) is 9.34. The quantitative estimate of drug-likeness (QED) is 0.198. The second kappa shape index (κ2) is 13.9. The Morgan fingerprint density at radius 2 is 1.79 bits per heavy atom. The van der Waals surface area contributed by atoms with Crippen molar-refractivity contribution in [3.8, 4) is 17.6 Å². The van der Waals surface area contributed by atoms with E-state index in [9.17, 15) is 9.59 Å². The standard InChI is InChI=1S/C37H29ClN4O4S/c1-3-45-30-16-13-26(14-17-30)34-33(35(43)41-29-7-5-4-6-8-29)23(2)40-37-42(34)36(44)32(47-37)20-27-19-28(38)15-18-31(27)46-22-25-11-9-24(21-39)10-12-25/h4-20,34H,3,22H2,1-2H3,(H,41,43)/b32-20-/t34-/m1/s1. The van der Waals surface area contributed by atoms with E-state index in [4.69, 9.17) is 31.3 Å². The van der Waals surface area contributed by atoms with Gasteiger partial charge in [0.1, 0.15) is 18.1 Å². The number of nitrogens with one attached hydrogen (secondary N) is 1. The van der Waals surface area contributed by atoms with Crippen LogP contribution in [0.25, 0.3) is 6.08 Å². The zero-order valence-electron chi connectivity index (χ0n) is 25.6. The van der Waals surface area contributed by atoms with Gasteiger partial charge in [0, 0.05) is 16.3 Å². The topological polar surface area (TPSA) is 106 Å². The molecule has 1 aliphatic heterocycles. The normalized spacial score (nSPS) is 14.2. The summed E-state index contributed by atoms with van der Waals surface area (Å²) in [4.78, 5) is 33.3. The van der Waals surface area contributed by atoms with Gasteiger partial charge < -0.3 is 14.8 Å². The van der Waals surface area contributed by atoms with E-state index in [1.807, 2.05) is 61.5 Å². The summed E-state index contributed by atoms with van der Waals surface area (Å²) in [7, 11) is 0. The molecule has 234 valence electrons. The number of carbonyl (C=O) groups excluding carboxylic acids is 1. The van der Waals surface area contributed by atoms with Gasteiger partial charge in [-0.2, -0.15) is 5.26 Å². The molecular formula is C37H29ClN4O4S. The fourth-order valence-corrected chi connectivity index (χ4v) is 6.52. The highest BCUT2D eigenvalue weighted by atomic mass is 35.5. The fourth-order valence-electron chi connectivity index (χ4n) is 5.30. The highest BCUT2D eigenvalue weighted by Crippen LogP contribution is 2.32. The molecule has 0 saturated carbocycles. The molecule has 0 saturated heterocycles. The van der Waals surface area contributed by atoms with E-state index in [2.05, 4.69) is 11.4 Å². The molecule has 1 atom stereocenters. The minimum atomic E-state index is -0.737. The first kappa shape index (κ1) is 31.5. The number of anilines is 1. The molecule has 1 amide bonds. The van der Waals surface area contributed by atoms with Gasteiger partial charge in [-0.1, -0.05) is 65.4 Å². The molecule has 0 radical (unpaired) electrons. The monoisotopic (exact) mass is 660 g/mol. The number of nitriles is 1. The number of ether oxygens (including phenoxy) is 2. The predicted molar refractivity (Wildman–Crippen MR) is 183 cm³/mol. The third-order valence-electron chi connectivity index (χ3n) is 7.54. The predicted octanol–water partition coefficient (Wildman–Crippen LogP) is 6.38. The van der Waals surface area contributed by atoms with Crippen molar-refractivity contribution in [1.82, 2.24) is 4.57 Å². The van der Waals surface area contributed by atoms with Crippen LogP contribution in [-0.4, -0.2) is 17.1 Å². The van der Waals surface area contributed by atoms with Crippen molar-refractivity contribution in [2.75, 3.05) is 11.9 Å². The molecule has 1 aromatic heterocycles. The molecule has 2 heterocycles. The number of benzene rings is 4. The van der Waals surface area contributed by atoms with Gasteiger partial charge in [0.05, 0.1) is 40.1 Å². The molecule has 0 unspecified atom stereocenters. The smallest absolute Gasteiger partial charge is 0.271 e. The lowest BCUT2D eigenvalue weighted by Crippen LogP contribution is -2.40. The first-order valence-corrected chi connectivity index (χ1v) is 16.1. The summed E-state index contributed by atoms with van der Waals surface area (Å²) in [5.74, 6) is 0.875. The number of nitrogens with zero attached hydrogens (tertiary/aromatic N) is 3. The van der Waals surface area contributed by atoms with Crippen LogP contribution in [0.3, 0.4) is 0 Å². The number of rotatable bonds is 9. The summed E-state index contributed by atoms with van der Waals surface area (Å²) >= 11 is 7.62. The number of amides is 1. The molecule has 4 aromatic carbocycles. The molecule has 1 N–H and O–H groups in total. The number of allylic oxidation sites excluding steroid dienone is 1. The Balaban J connectivity index is 1.42. The highest BCUT2D eigenvalue weighted by Gasteiger charge is 2.32. The number of halogens is 1. The molecule has 0 fully saturated rings. The average Bonchev–Trinajstić information content (AvgIpc) is 3.38. The minimum absolute atomic E-state index is 0.256. The molecule has 6 rings (SSSR count). The van der Waals surface area contributed by atoms with Gasteiger partial charge >= 0.3 is 0 Å². The number of hydrogen-bond acceptors (Lipinski definition) is 7. The van der Waals surface area contributed by atoms with Gasteiger partial charge in [-0.25, -0.2) is 4.99 Å². The van der Waals surface area contributed by atoms with Crippen LogP contribution in [-0.2, 0) is 11.4 Å². The van der Waals surface area contributed by atoms with Crippen LogP contribution in [0.15, 0.2) is 118 Å². The maximum absolute atomic E-state index is 14.2. The second-order valence-corrected chi connectivity index (χ2v) is 12.1. The van der Waals surface area contributed by atoms with E-state index in [1.165, 1.54) is 11.3 Å². The van der Waals surface area contributed by atoms with Crippen molar-refractivity contribution in [3.63, 3.8) is 0 Å². The summed E-state index contributed by atoms with van der Waals surface area (Å²) in [6.07, 6.45) is 1.74. The average molecular weight is 661 g/mol. The minimum Gasteiger partial charge on any atom is -0.494 e. The lowest BCUT2D eigenvalue weighted by Gasteiger charge is -2.25. The van der Waals surface area contributed by atoms with E-state index in [-0.39, 0.29) is 18.1 Å². The van der Waals surface area contributed by atoms with E-state index < -0.39 is 6.04 Å². The number of carbonyl (C=O) groups is 1. The molecule has 0 spiro atoms. The molecule has 10 heteroatoms. The second-order valence-electron chi connectivity index (χ2n) is 10.7. The zero-order chi connectivity index (χ0) is 32.9. The van der Waals surface area contributed by atoms with Crippen molar-refractivity contribution in [2.24, 2.45) is 4.99 Å². The summed E-state index contributed by atoms with van der Waals surface area (Å²) in [6, 6.07) is 30.3. The Bertz CT molecular complexity index is 2200. The largest absolute Gasteiger partial charge is 0.494 e. The summed E-state index contributed by atoms with van der Waals surface area (Å²) in [5.41, 5.74) is 4.02. The third-order valence-corrected chi connectivity index (χ3v) is 8.76. The molecular weight excluding hydrogens is 632 g/mol. The first-order valence-electron chi connectivity index (χ1n) is 14.9. The Hall–Kier alpha value is -5.43. The van der Waals surface area contributed by atoms with E-state index in [0.717, 1.165) is 11.1 Å². The van der Waals surface area contributed by atoms with Crippen LogP contribution < -0.4 is 29.7 Å². The number of hydrogen-bond donors (Lipinski definition) is 1. The Morgan fingerprint density at radius 1 is 1.04 bits per heavy atom. The zero-order valence-corrected chi connectivity index (χ0v) is 27.1. The van der Waals surface area contributed by atoms with Crippen molar-refractivity contribution >= 4 is 40.6 Å². The molecule has 5 aromatic rings. The maximum atomic E-state index is 14.2. The van der Waals surface area contributed by atoms with Crippen LogP contribution in [0.4, 0.5) is 5.69 Å². The van der Waals surface area contributed by atoms with Crippen molar-refractivity contribution < 1.29 is 14.3 Å². The summed E-state index contributed by atoms with van der Waals surface area (Å²) in [5, 5.41) is 12.5. The number of aromatic nitrogens is 1. The lowest BCUT2D eigenvalue weighted by molar-refractivity contribution is -0.113. The van der Waals surface area contributed by atoms with Gasteiger partial charge in [0.15, 0.2) is 4.80 Å². The van der Waals surface area contributed by atoms with Crippen LogP contribution in [0.5, 0.6) is 11.5 Å². The van der Waals surface area contributed by atoms with Crippen molar-refractivity contribution in [1.29, 1.82) is 5.26 Å². The number of thiazole rings is 1. The van der Waals surface area contributed by atoms with Crippen molar-refractivity contribution in [2.45, 2.75) is 26.5 Å². The fraction of sp³-hybridized carbons (Fsp3) is 0.135. The molecule has 47 heavy (non-hydrogen) atoms. The van der Waals surface area contributed by atoms with Gasteiger partial charge in [0.2, 0.25) is 0 Å². The third kappa shape index (κ3) is 6.89. The number of fused-ring (bicyclic) bond motifs is 1.